The number of hydrogen-bond donors (Lipinski definition) is 1. The van der Waals surface area contributed by atoms with Crippen LogP contribution in [-0.4, -0.2) is 12.6 Å². The number of nitrogens with two attached hydrogens (primary N) is 1. The molecule has 0 aliphatic rings. The average Bonchev–Trinajstić information content (AvgIpc) is 2.10. The maximum Gasteiger partial charge on any atom is 0.136 e. The van der Waals surface area contributed by atoms with E-state index in [2.05, 4.69) is 28.9 Å². The fourth-order valence-electron chi connectivity index (χ4n) is 1.59. The van der Waals surface area contributed by atoms with Gasteiger partial charge in [0.05, 0.1) is 11.6 Å². The molecule has 0 amide bonds. The Hall–Kier alpha value is -0.540. The predicted molar refractivity (Wildman–Crippen MR) is 67.4 cm³/mol. The molecule has 0 aliphatic heterocycles. The largest absolute Gasteiger partial charge is 0.495 e. The predicted octanol–water partition coefficient (Wildman–Crippen LogP) is 3.05. The summed E-state index contributed by atoms with van der Waals surface area (Å²) < 4.78 is 6.38. The van der Waals surface area contributed by atoms with Crippen molar-refractivity contribution in [1.29, 1.82) is 0 Å². The molecule has 3 heteroatoms. The van der Waals surface area contributed by atoms with Gasteiger partial charge < -0.3 is 10.5 Å². The number of halogens is 1. The Kier molecular flexibility index (Phi) is 3.79. The summed E-state index contributed by atoms with van der Waals surface area (Å²) in [6.07, 6.45) is 0.807. The number of benzene rings is 1. The summed E-state index contributed by atoms with van der Waals surface area (Å²) in [6, 6.07) is 4.08. The van der Waals surface area contributed by atoms with Crippen molar-refractivity contribution in [3.8, 4) is 5.75 Å². The van der Waals surface area contributed by atoms with Crippen molar-refractivity contribution in [3.63, 3.8) is 0 Å². The molecule has 0 aromatic heterocycles. The van der Waals surface area contributed by atoms with E-state index in [-0.39, 0.29) is 5.54 Å². The van der Waals surface area contributed by atoms with E-state index in [0.717, 1.165) is 16.6 Å². The van der Waals surface area contributed by atoms with Gasteiger partial charge in [0, 0.05) is 5.54 Å². The van der Waals surface area contributed by atoms with Crippen LogP contribution in [0.25, 0.3) is 0 Å². The molecule has 0 saturated heterocycles. The summed E-state index contributed by atoms with van der Waals surface area (Å²) in [5.74, 6) is 0.897. The van der Waals surface area contributed by atoms with Crippen molar-refractivity contribution in [2.75, 3.05) is 7.11 Å². The van der Waals surface area contributed by atoms with Gasteiger partial charge in [-0.1, -0.05) is 6.07 Å². The number of aryl methyl sites for hydroxylation is 1. The molecule has 15 heavy (non-hydrogen) atoms. The molecule has 0 atom stereocenters. The molecule has 0 spiro atoms. The summed E-state index contributed by atoms with van der Waals surface area (Å²) in [5, 5.41) is 0. The third-order valence-electron chi connectivity index (χ3n) is 2.28. The number of rotatable bonds is 3. The lowest BCUT2D eigenvalue weighted by Gasteiger charge is -2.22. The van der Waals surface area contributed by atoms with Gasteiger partial charge >= 0.3 is 0 Å². The second-order valence-corrected chi connectivity index (χ2v) is 5.40. The molecule has 0 aliphatic carbocycles. The maximum absolute atomic E-state index is 6.04. The molecule has 1 aromatic carbocycles. The van der Waals surface area contributed by atoms with Crippen LogP contribution < -0.4 is 10.5 Å². The van der Waals surface area contributed by atoms with Crippen molar-refractivity contribution in [2.24, 2.45) is 5.73 Å². The van der Waals surface area contributed by atoms with Gasteiger partial charge in [-0.15, -0.1) is 0 Å². The molecule has 2 N–H and O–H groups in total. The van der Waals surface area contributed by atoms with Gasteiger partial charge in [-0.3, -0.25) is 0 Å². The summed E-state index contributed by atoms with van der Waals surface area (Å²) in [6.45, 7) is 6.12. The topological polar surface area (TPSA) is 35.2 Å². The van der Waals surface area contributed by atoms with Crippen LogP contribution in [0.1, 0.15) is 25.0 Å². The molecule has 0 unspecified atom stereocenters. The number of ether oxygens (including phenoxy) is 1. The minimum absolute atomic E-state index is 0.223. The first-order valence-electron chi connectivity index (χ1n) is 4.96. The van der Waals surface area contributed by atoms with E-state index in [1.165, 1.54) is 11.1 Å². The quantitative estimate of drug-likeness (QED) is 0.917. The lowest BCUT2D eigenvalue weighted by molar-refractivity contribution is 0.399. The van der Waals surface area contributed by atoms with E-state index in [9.17, 15) is 0 Å². The first-order valence-corrected chi connectivity index (χ1v) is 5.75. The van der Waals surface area contributed by atoms with E-state index >= 15 is 0 Å². The first kappa shape index (κ1) is 12.5. The lowest BCUT2D eigenvalue weighted by atomic mass is 9.93. The SMILES string of the molecule is COc1c(Br)ccc(C)c1CC(C)(C)N. The van der Waals surface area contributed by atoms with Crippen LogP contribution in [0.4, 0.5) is 0 Å². The number of methoxy groups -OCH3 is 1. The second kappa shape index (κ2) is 4.54. The molecule has 0 radical (unpaired) electrons. The highest BCUT2D eigenvalue weighted by Gasteiger charge is 2.18. The highest BCUT2D eigenvalue weighted by molar-refractivity contribution is 9.10. The van der Waals surface area contributed by atoms with Crippen LogP contribution in [0, 0.1) is 6.92 Å². The Balaban J connectivity index is 3.20. The molecule has 0 saturated carbocycles. The van der Waals surface area contributed by atoms with Crippen LogP contribution in [0.2, 0.25) is 0 Å². The van der Waals surface area contributed by atoms with Crippen molar-refractivity contribution < 1.29 is 4.74 Å². The summed E-state index contributed by atoms with van der Waals surface area (Å²) in [5.41, 5.74) is 8.21. The molecular formula is C12H18BrNO. The van der Waals surface area contributed by atoms with Crippen molar-refractivity contribution in [3.05, 3.63) is 27.7 Å². The van der Waals surface area contributed by atoms with E-state index in [4.69, 9.17) is 10.5 Å². The smallest absolute Gasteiger partial charge is 0.136 e. The normalized spacial score (nSPS) is 11.6. The first-order chi connectivity index (χ1) is 6.85. The number of hydrogen-bond acceptors (Lipinski definition) is 2. The van der Waals surface area contributed by atoms with E-state index in [0.29, 0.717) is 0 Å². The molecule has 2 nitrogen and oxygen atoms in total. The Labute approximate surface area is 99.9 Å². The molecule has 0 heterocycles. The highest BCUT2D eigenvalue weighted by atomic mass is 79.9. The standard InChI is InChI=1S/C12H18BrNO/c1-8-5-6-10(13)11(15-4)9(8)7-12(2,3)14/h5-6H,7,14H2,1-4H3. The van der Waals surface area contributed by atoms with Gasteiger partial charge in [0.15, 0.2) is 0 Å². The van der Waals surface area contributed by atoms with Crippen molar-refractivity contribution in [1.82, 2.24) is 0 Å². The van der Waals surface area contributed by atoms with E-state index in [1.807, 2.05) is 19.9 Å². The fourth-order valence-corrected chi connectivity index (χ4v) is 2.13. The second-order valence-electron chi connectivity index (χ2n) is 4.54. The molecule has 84 valence electrons. The van der Waals surface area contributed by atoms with Gasteiger partial charge in [0.1, 0.15) is 5.75 Å². The average molecular weight is 272 g/mol. The van der Waals surface area contributed by atoms with Crippen molar-refractivity contribution in [2.45, 2.75) is 32.7 Å². The third kappa shape index (κ3) is 3.21. The minimum atomic E-state index is -0.223. The Morgan fingerprint density at radius 1 is 1.40 bits per heavy atom. The van der Waals surface area contributed by atoms with Crippen LogP contribution in [0.15, 0.2) is 16.6 Å². The summed E-state index contributed by atoms with van der Waals surface area (Å²) in [4.78, 5) is 0. The van der Waals surface area contributed by atoms with Crippen LogP contribution in [0.5, 0.6) is 5.75 Å². The Morgan fingerprint density at radius 2 is 2.00 bits per heavy atom. The molecule has 0 bridgehead atoms. The van der Waals surface area contributed by atoms with Crippen LogP contribution in [0.3, 0.4) is 0 Å². The molecule has 1 aromatic rings. The van der Waals surface area contributed by atoms with Gasteiger partial charge in [-0.25, -0.2) is 0 Å². The Bertz CT molecular complexity index is 355. The zero-order valence-electron chi connectivity index (χ0n) is 9.73. The summed E-state index contributed by atoms with van der Waals surface area (Å²) >= 11 is 3.48. The molecule has 0 fully saturated rings. The van der Waals surface area contributed by atoms with Crippen molar-refractivity contribution >= 4 is 15.9 Å². The molecular weight excluding hydrogens is 254 g/mol. The fraction of sp³-hybridized carbons (Fsp3) is 0.500. The van der Waals surface area contributed by atoms with E-state index in [1.54, 1.807) is 7.11 Å². The third-order valence-corrected chi connectivity index (χ3v) is 2.91. The zero-order chi connectivity index (χ0) is 11.6. The van der Waals surface area contributed by atoms with E-state index < -0.39 is 0 Å². The lowest BCUT2D eigenvalue weighted by Crippen LogP contribution is -2.34. The zero-order valence-corrected chi connectivity index (χ0v) is 11.3. The van der Waals surface area contributed by atoms with Gasteiger partial charge in [0.25, 0.3) is 0 Å². The monoisotopic (exact) mass is 271 g/mol. The summed E-state index contributed by atoms with van der Waals surface area (Å²) in [7, 11) is 1.69. The van der Waals surface area contributed by atoms with Gasteiger partial charge in [-0.2, -0.15) is 0 Å². The van der Waals surface area contributed by atoms with Crippen LogP contribution >= 0.6 is 15.9 Å². The van der Waals surface area contributed by atoms with Crippen LogP contribution in [-0.2, 0) is 6.42 Å². The molecule has 1 rings (SSSR count). The van der Waals surface area contributed by atoms with Gasteiger partial charge in [-0.05, 0) is 60.3 Å². The Morgan fingerprint density at radius 3 is 2.47 bits per heavy atom. The minimum Gasteiger partial charge on any atom is -0.495 e. The maximum atomic E-state index is 6.04. The highest BCUT2D eigenvalue weighted by Crippen LogP contribution is 2.33. The van der Waals surface area contributed by atoms with Gasteiger partial charge in [0.2, 0.25) is 0 Å².